The molecule has 3 heterocycles. The SMILES string of the molecule is Cc1cc(C)c2nc(N3CCN(C(=O)c4ccc(S(=O)(=O)N(C)CC5CCCO5)cc4)CC3)sc2c1. The molecular formula is C26H32N4O4S2. The van der Waals surface area contributed by atoms with E-state index in [0.29, 0.717) is 44.9 Å². The third-order valence-corrected chi connectivity index (χ3v) is 9.85. The van der Waals surface area contributed by atoms with Gasteiger partial charge in [0.25, 0.3) is 5.91 Å². The molecule has 36 heavy (non-hydrogen) atoms. The zero-order valence-electron chi connectivity index (χ0n) is 20.9. The van der Waals surface area contributed by atoms with Gasteiger partial charge in [-0.2, -0.15) is 4.31 Å². The lowest BCUT2D eigenvalue weighted by Crippen LogP contribution is -2.48. The summed E-state index contributed by atoms with van der Waals surface area (Å²) in [5, 5.41) is 0.993. The Balaban J connectivity index is 1.21. The van der Waals surface area contributed by atoms with Crippen LogP contribution >= 0.6 is 11.3 Å². The van der Waals surface area contributed by atoms with Crippen molar-refractivity contribution in [1.29, 1.82) is 0 Å². The fraction of sp³-hybridized carbons (Fsp3) is 0.462. The number of thiazole rings is 1. The maximum Gasteiger partial charge on any atom is 0.253 e. The van der Waals surface area contributed by atoms with Crippen LogP contribution in [-0.2, 0) is 14.8 Å². The molecule has 2 aromatic carbocycles. The quantitative estimate of drug-likeness (QED) is 0.486. The summed E-state index contributed by atoms with van der Waals surface area (Å²) >= 11 is 1.70. The number of amides is 1. The monoisotopic (exact) mass is 528 g/mol. The van der Waals surface area contributed by atoms with Crippen LogP contribution < -0.4 is 4.90 Å². The van der Waals surface area contributed by atoms with Gasteiger partial charge in [-0.15, -0.1) is 0 Å². The molecule has 1 aromatic heterocycles. The highest BCUT2D eigenvalue weighted by atomic mass is 32.2. The van der Waals surface area contributed by atoms with Gasteiger partial charge in [0, 0.05) is 51.9 Å². The van der Waals surface area contributed by atoms with Crippen LogP contribution in [0.25, 0.3) is 10.2 Å². The highest BCUT2D eigenvalue weighted by molar-refractivity contribution is 7.89. The lowest BCUT2D eigenvalue weighted by Gasteiger charge is -2.34. The van der Waals surface area contributed by atoms with E-state index in [-0.39, 0.29) is 16.9 Å². The van der Waals surface area contributed by atoms with Crippen LogP contribution in [0, 0.1) is 13.8 Å². The van der Waals surface area contributed by atoms with Crippen LogP contribution in [0.3, 0.4) is 0 Å². The highest BCUT2D eigenvalue weighted by Crippen LogP contribution is 2.32. The Labute approximate surface area is 216 Å². The fourth-order valence-corrected chi connectivity index (χ4v) is 7.30. The largest absolute Gasteiger partial charge is 0.377 e. The van der Waals surface area contributed by atoms with Crippen LogP contribution in [0.5, 0.6) is 0 Å². The van der Waals surface area contributed by atoms with E-state index >= 15 is 0 Å². The molecule has 0 saturated carbocycles. The van der Waals surface area contributed by atoms with Crippen molar-refractivity contribution in [2.75, 3.05) is 51.3 Å². The Kier molecular flexibility index (Phi) is 7.04. The number of piperazine rings is 1. The molecule has 1 unspecified atom stereocenters. The maximum absolute atomic E-state index is 13.1. The first-order valence-electron chi connectivity index (χ1n) is 12.3. The molecule has 2 aliphatic heterocycles. The van der Waals surface area contributed by atoms with Crippen molar-refractivity contribution in [3.8, 4) is 0 Å². The topological polar surface area (TPSA) is 83.1 Å². The molecule has 0 bridgehead atoms. The van der Waals surface area contributed by atoms with Gasteiger partial charge in [0.15, 0.2) is 5.13 Å². The van der Waals surface area contributed by atoms with E-state index in [1.54, 1.807) is 30.5 Å². The van der Waals surface area contributed by atoms with Crippen LogP contribution in [-0.4, -0.2) is 81.0 Å². The summed E-state index contributed by atoms with van der Waals surface area (Å²) in [4.78, 5) is 22.2. The van der Waals surface area contributed by atoms with Crippen molar-refractivity contribution in [2.24, 2.45) is 0 Å². The smallest absolute Gasteiger partial charge is 0.253 e. The molecule has 3 aromatic rings. The van der Waals surface area contributed by atoms with E-state index in [4.69, 9.17) is 9.72 Å². The van der Waals surface area contributed by atoms with E-state index in [2.05, 4.69) is 30.9 Å². The predicted molar refractivity (Wildman–Crippen MR) is 142 cm³/mol. The number of benzene rings is 2. The number of hydrogen-bond donors (Lipinski definition) is 0. The van der Waals surface area contributed by atoms with E-state index < -0.39 is 10.0 Å². The molecule has 0 N–H and O–H groups in total. The van der Waals surface area contributed by atoms with Gasteiger partial charge in [0.2, 0.25) is 10.0 Å². The predicted octanol–water partition coefficient (Wildman–Crippen LogP) is 3.68. The molecule has 0 radical (unpaired) electrons. The van der Waals surface area contributed by atoms with E-state index in [1.165, 1.54) is 32.3 Å². The minimum atomic E-state index is -3.63. The number of carbonyl (C=O) groups is 1. The minimum Gasteiger partial charge on any atom is -0.377 e. The second-order valence-corrected chi connectivity index (χ2v) is 12.7. The number of aromatic nitrogens is 1. The van der Waals surface area contributed by atoms with Gasteiger partial charge >= 0.3 is 0 Å². The van der Waals surface area contributed by atoms with Gasteiger partial charge in [-0.05, 0) is 68.1 Å². The number of ether oxygens (including phenoxy) is 1. The Morgan fingerprint density at radius 2 is 1.86 bits per heavy atom. The van der Waals surface area contributed by atoms with Crippen LogP contribution in [0.2, 0.25) is 0 Å². The molecule has 0 aliphatic carbocycles. The number of fused-ring (bicyclic) bond motifs is 1. The number of hydrogen-bond acceptors (Lipinski definition) is 7. The second kappa shape index (κ2) is 10.1. The molecule has 2 aliphatic rings. The molecule has 1 atom stereocenters. The van der Waals surface area contributed by atoms with Crippen LogP contribution in [0.1, 0.15) is 34.3 Å². The second-order valence-electron chi connectivity index (χ2n) is 9.65. The maximum atomic E-state index is 13.1. The van der Waals surface area contributed by atoms with E-state index in [0.717, 1.165) is 23.5 Å². The van der Waals surface area contributed by atoms with Gasteiger partial charge < -0.3 is 14.5 Å². The first-order valence-corrected chi connectivity index (χ1v) is 14.6. The lowest BCUT2D eigenvalue weighted by molar-refractivity contribution is 0.0746. The molecule has 2 fully saturated rings. The highest BCUT2D eigenvalue weighted by Gasteiger charge is 2.28. The standard InChI is InChI=1S/C26H32N4O4S2/c1-18-15-19(2)24-23(16-18)35-26(27-24)30-12-10-29(11-13-30)25(31)20-6-8-22(9-7-20)36(32,33)28(3)17-21-5-4-14-34-21/h6-9,15-16,21H,4-5,10-14,17H2,1-3H3. The summed E-state index contributed by atoms with van der Waals surface area (Å²) in [6, 6.07) is 10.6. The molecule has 192 valence electrons. The van der Waals surface area contributed by atoms with Gasteiger partial charge in [0.05, 0.1) is 21.2 Å². The van der Waals surface area contributed by atoms with Crippen molar-refractivity contribution in [3.05, 3.63) is 53.1 Å². The number of likely N-dealkylation sites (N-methyl/N-ethyl adjacent to an activating group) is 1. The molecule has 0 spiro atoms. The van der Waals surface area contributed by atoms with Crippen LogP contribution in [0.15, 0.2) is 41.3 Å². The summed E-state index contributed by atoms with van der Waals surface area (Å²) in [5.74, 6) is -0.0814. The Bertz CT molecular complexity index is 1360. The Morgan fingerprint density at radius 3 is 2.53 bits per heavy atom. The first-order chi connectivity index (χ1) is 17.2. The first kappa shape index (κ1) is 25.1. The minimum absolute atomic E-state index is 0.0554. The van der Waals surface area contributed by atoms with Crippen molar-refractivity contribution < 1.29 is 17.9 Å². The number of sulfonamides is 1. The number of anilines is 1. The average molecular weight is 529 g/mol. The van der Waals surface area contributed by atoms with Gasteiger partial charge in [0.1, 0.15) is 0 Å². The molecule has 1 amide bonds. The molecular weight excluding hydrogens is 496 g/mol. The van der Waals surface area contributed by atoms with Crippen molar-refractivity contribution in [2.45, 2.75) is 37.7 Å². The lowest BCUT2D eigenvalue weighted by atomic mass is 10.1. The third-order valence-electron chi connectivity index (χ3n) is 6.95. The molecule has 5 rings (SSSR count). The summed E-state index contributed by atoms with van der Waals surface area (Å²) in [6.45, 7) is 7.82. The zero-order chi connectivity index (χ0) is 25.4. The summed E-state index contributed by atoms with van der Waals surface area (Å²) < 4.78 is 34.0. The summed E-state index contributed by atoms with van der Waals surface area (Å²) in [7, 11) is -2.06. The number of carbonyl (C=O) groups excluding carboxylic acids is 1. The van der Waals surface area contributed by atoms with Crippen molar-refractivity contribution in [1.82, 2.24) is 14.2 Å². The van der Waals surface area contributed by atoms with E-state index in [1.807, 2.05) is 4.90 Å². The Hall–Kier alpha value is -2.53. The van der Waals surface area contributed by atoms with Crippen molar-refractivity contribution in [3.63, 3.8) is 0 Å². The van der Waals surface area contributed by atoms with Gasteiger partial charge in [-0.25, -0.2) is 13.4 Å². The van der Waals surface area contributed by atoms with Gasteiger partial charge in [-0.1, -0.05) is 17.4 Å². The molecule has 8 nitrogen and oxygen atoms in total. The number of rotatable bonds is 6. The molecule has 10 heteroatoms. The van der Waals surface area contributed by atoms with E-state index in [9.17, 15) is 13.2 Å². The number of aryl methyl sites for hydroxylation is 2. The normalized spacial score (nSPS) is 18.9. The average Bonchev–Trinajstić information content (AvgIpc) is 3.54. The van der Waals surface area contributed by atoms with Crippen LogP contribution in [0.4, 0.5) is 5.13 Å². The zero-order valence-corrected chi connectivity index (χ0v) is 22.6. The summed E-state index contributed by atoms with van der Waals surface area (Å²) in [6.07, 6.45) is 1.78. The van der Waals surface area contributed by atoms with Crippen molar-refractivity contribution >= 4 is 42.6 Å². The number of nitrogens with zero attached hydrogens (tertiary/aromatic N) is 4. The summed E-state index contributed by atoms with van der Waals surface area (Å²) in [5.41, 5.74) is 3.97. The van der Waals surface area contributed by atoms with Gasteiger partial charge in [-0.3, -0.25) is 4.79 Å². The molecule has 2 saturated heterocycles. The Morgan fingerprint density at radius 1 is 1.14 bits per heavy atom. The fourth-order valence-electron chi connectivity index (χ4n) is 4.90. The third kappa shape index (κ3) is 5.00.